The molecule has 0 fully saturated rings. The minimum Gasteiger partial charge on any atom is -0.496 e. The number of amides is 1. The predicted molar refractivity (Wildman–Crippen MR) is 82.4 cm³/mol. The summed E-state index contributed by atoms with van der Waals surface area (Å²) in [5.41, 5.74) is 0.921. The van der Waals surface area contributed by atoms with E-state index in [2.05, 4.69) is 17.2 Å². The van der Waals surface area contributed by atoms with Gasteiger partial charge in [0.15, 0.2) is 0 Å². The molecule has 2 rings (SSSR count). The van der Waals surface area contributed by atoms with Gasteiger partial charge in [-0.2, -0.15) is 0 Å². The second kappa shape index (κ2) is 7.48. The van der Waals surface area contributed by atoms with Crippen molar-refractivity contribution in [3.05, 3.63) is 51.7 Å². The summed E-state index contributed by atoms with van der Waals surface area (Å²) in [6.45, 7) is 0.214. The number of para-hydroxylation sites is 1. The molecule has 2 aromatic rings. The van der Waals surface area contributed by atoms with Crippen LogP contribution in [0.15, 0.2) is 36.4 Å². The van der Waals surface area contributed by atoms with Crippen LogP contribution in [0.3, 0.4) is 0 Å². The lowest BCUT2D eigenvalue weighted by Gasteiger charge is -2.08. The number of aliphatic hydroxyl groups is 1. The van der Waals surface area contributed by atoms with Gasteiger partial charge in [-0.05, 0) is 18.2 Å². The zero-order valence-corrected chi connectivity index (χ0v) is 12.4. The van der Waals surface area contributed by atoms with Crippen LogP contribution in [0.25, 0.3) is 0 Å². The number of hydrogen-bond donors (Lipinski definition) is 2. The molecule has 1 amide bonds. The molecule has 5 heteroatoms. The molecule has 0 aliphatic carbocycles. The molecule has 0 saturated heterocycles. The topological polar surface area (TPSA) is 58.6 Å². The molecule has 21 heavy (non-hydrogen) atoms. The summed E-state index contributed by atoms with van der Waals surface area (Å²) < 4.78 is 5.24. The molecule has 0 aliphatic rings. The normalized spacial score (nSPS) is 9.62. The van der Waals surface area contributed by atoms with Crippen molar-refractivity contribution in [2.75, 3.05) is 13.7 Å². The van der Waals surface area contributed by atoms with Gasteiger partial charge in [0.1, 0.15) is 12.4 Å². The van der Waals surface area contributed by atoms with Crippen molar-refractivity contribution in [1.82, 2.24) is 5.32 Å². The van der Waals surface area contributed by atoms with E-state index >= 15 is 0 Å². The van der Waals surface area contributed by atoms with E-state index in [4.69, 9.17) is 9.84 Å². The average Bonchev–Trinajstić information content (AvgIpc) is 2.99. The summed E-state index contributed by atoms with van der Waals surface area (Å²) in [5, 5.41) is 11.5. The number of methoxy groups -OCH3 is 1. The van der Waals surface area contributed by atoms with Crippen LogP contribution in [-0.2, 0) is 6.54 Å². The summed E-state index contributed by atoms with van der Waals surface area (Å²) in [7, 11) is 1.60. The van der Waals surface area contributed by atoms with E-state index in [1.807, 2.05) is 24.3 Å². The minimum absolute atomic E-state index is 0.150. The lowest BCUT2D eigenvalue weighted by atomic mass is 10.2. The standard InChI is InChI=1S/C16H15NO3S/c1-20-14-7-3-2-5-12(14)11-17-16(19)15-9-8-13(21-15)6-4-10-18/h2-3,5,7-9,18H,10-11H2,1H3,(H,17,19). The highest BCUT2D eigenvalue weighted by molar-refractivity contribution is 7.14. The third-order valence-corrected chi connectivity index (χ3v) is 3.75. The highest BCUT2D eigenvalue weighted by Crippen LogP contribution is 2.18. The van der Waals surface area contributed by atoms with Crippen molar-refractivity contribution in [2.24, 2.45) is 0 Å². The molecule has 0 saturated carbocycles. The number of carbonyl (C=O) groups excluding carboxylic acids is 1. The second-order valence-corrected chi connectivity index (χ2v) is 5.20. The van der Waals surface area contributed by atoms with Crippen LogP contribution in [0.2, 0.25) is 0 Å². The zero-order chi connectivity index (χ0) is 15.1. The number of carbonyl (C=O) groups is 1. The Balaban J connectivity index is 2.00. The summed E-state index contributed by atoms with van der Waals surface area (Å²) in [5.74, 6) is 5.94. The van der Waals surface area contributed by atoms with Gasteiger partial charge in [0.2, 0.25) is 0 Å². The van der Waals surface area contributed by atoms with Gasteiger partial charge in [0.25, 0.3) is 5.91 Å². The van der Waals surface area contributed by atoms with E-state index in [9.17, 15) is 4.79 Å². The Morgan fingerprint density at radius 2 is 2.14 bits per heavy atom. The van der Waals surface area contributed by atoms with Crippen molar-refractivity contribution in [1.29, 1.82) is 0 Å². The fourth-order valence-electron chi connectivity index (χ4n) is 1.77. The van der Waals surface area contributed by atoms with Crippen molar-refractivity contribution < 1.29 is 14.6 Å². The number of ether oxygens (including phenoxy) is 1. The van der Waals surface area contributed by atoms with Gasteiger partial charge in [-0.25, -0.2) is 0 Å². The Morgan fingerprint density at radius 1 is 1.33 bits per heavy atom. The van der Waals surface area contributed by atoms with Crippen LogP contribution < -0.4 is 10.1 Å². The van der Waals surface area contributed by atoms with E-state index in [1.54, 1.807) is 19.2 Å². The Morgan fingerprint density at radius 3 is 2.90 bits per heavy atom. The highest BCUT2D eigenvalue weighted by atomic mass is 32.1. The van der Waals surface area contributed by atoms with Crippen LogP contribution in [0.4, 0.5) is 0 Å². The maximum Gasteiger partial charge on any atom is 0.261 e. The molecule has 0 radical (unpaired) electrons. The van der Waals surface area contributed by atoms with Crippen molar-refractivity contribution in [2.45, 2.75) is 6.54 Å². The van der Waals surface area contributed by atoms with Crippen molar-refractivity contribution in [3.63, 3.8) is 0 Å². The molecule has 0 unspecified atom stereocenters. The first kappa shape index (κ1) is 15.1. The van der Waals surface area contributed by atoms with E-state index in [0.29, 0.717) is 11.4 Å². The molecule has 0 aliphatic heterocycles. The van der Waals surface area contributed by atoms with E-state index in [-0.39, 0.29) is 12.5 Å². The van der Waals surface area contributed by atoms with Gasteiger partial charge < -0.3 is 15.2 Å². The maximum absolute atomic E-state index is 12.1. The smallest absolute Gasteiger partial charge is 0.261 e. The molecule has 0 bridgehead atoms. The molecule has 1 aromatic heterocycles. The van der Waals surface area contributed by atoms with Gasteiger partial charge in [0.05, 0.1) is 16.9 Å². The Labute approximate surface area is 127 Å². The third kappa shape index (κ3) is 4.09. The maximum atomic E-state index is 12.1. The molecule has 2 N–H and O–H groups in total. The fraction of sp³-hybridized carbons (Fsp3) is 0.188. The Hall–Kier alpha value is -2.29. The molecule has 108 valence electrons. The monoisotopic (exact) mass is 301 g/mol. The van der Waals surface area contributed by atoms with Crippen LogP contribution in [-0.4, -0.2) is 24.7 Å². The van der Waals surface area contributed by atoms with Gasteiger partial charge >= 0.3 is 0 Å². The number of rotatable bonds is 4. The summed E-state index contributed by atoms with van der Waals surface area (Å²) in [6, 6.07) is 11.0. The first-order chi connectivity index (χ1) is 10.2. The summed E-state index contributed by atoms with van der Waals surface area (Å²) in [4.78, 5) is 13.4. The summed E-state index contributed by atoms with van der Waals surface area (Å²) in [6.07, 6.45) is 0. The third-order valence-electron chi connectivity index (χ3n) is 2.75. The van der Waals surface area contributed by atoms with Gasteiger partial charge in [-0.1, -0.05) is 30.0 Å². The van der Waals surface area contributed by atoms with Gasteiger partial charge in [0, 0.05) is 12.1 Å². The number of hydrogen-bond acceptors (Lipinski definition) is 4. The van der Waals surface area contributed by atoms with Crippen LogP contribution in [0, 0.1) is 11.8 Å². The molecule has 1 heterocycles. The van der Waals surface area contributed by atoms with Crippen molar-refractivity contribution in [3.8, 4) is 17.6 Å². The number of nitrogens with one attached hydrogen (secondary N) is 1. The van der Waals surface area contributed by atoms with E-state index in [0.717, 1.165) is 16.2 Å². The quantitative estimate of drug-likeness (QED) is 0.850. The Kier molecular flexibility index (Phi) is 5.38. The lowest BCUT2D eigenvalue weighted by Crippen LogP contribution is -2.22. The van der Waals surface area contributed by atoms with Crippen molar-refractivity contribution >= 4 is 17.2 Å². The van der Waals surface area contributed by atoms with Gasteiger partial charge in [-0.15, -0.1) is 11.3 Å². The average molecular weight is 301 g/mol. The molecule has 0 spiro atoms. The van der Waals surface area contributed by atoms with Crippen LogP contribution in [0.5, 0.6) is 5.75 Å². The molecule has 1 aromatic carbocycles. The molecular formula is C16H15NO3S. The van der Waals surface area contributed by atoms with E-state index < -0.39 is 0 Å². The number of thiophene rings is 1. The SMILES string of the molecule is COc1ccccc1CNC(=O)c1ccc(C#CCO)s1. The first-order valence-corrected chi connectivity index (χ1v) is 7.16. The fourth-order valence-corrected chi connectivity index (χ4v) is 2.56. The number of benzene rings is 1. The minimum atomic E-state index is -0.187. The van der Waals surface area contributed by atoms with Crippen LogP contribution in [0.1, 0.15) is 20.1 Å². The zero-order valence-electron chi connectivity index (χ0n) is 11.6. The molecule has 0 atom stereocenters. The summed E-state index contributed by atoms with van der Waals surface area (Å²) >= 11 is 1.30. The second-order valence-electron chi connectivity index (χ2n) is 4.12. The van der Waals surface area contributed by atoms with Gasteiger partial charge in [-0.3, -0.25) is 4.79 Å². The van der Waals surface area contributed by atoms with Crippen LogP contribution >= 0.6 is 11.3 Å². The Bertz CT molecular complexity index is 682. The molecule has 4 nitrogen and oxygen atoms in total. The predicted octanol–water partition coefficient (Wildman–Crippen LogP) is 2.03. The van der Waals surface area contributed by atoms with E-state index in [1.165, 1.54) is 11.3 Å². The lowest BCUT2D eigenvalue weighted by molar-refractivity contribution is 0.0954. The molecular weight excluding hydrogens is 286 g/mol. The first-order valence-electron chi connectivity index (χ1n) is 6.34. The largest absolute Gasteiger partial charge is 0.496 e. The number of aliphatic hydroxyl groups excluding tert-OH is 1. The highest BCUT2D eigenvalue weighted by Gasteiger charge is 2.09.